The van der Waals surface area contributed by atoms with E-state index >= 15 is 0 Å². The third kappa shape index (κ3) is 2.75. The molecule has 2 saturated carbocycles. The fraction of sp³-hybridized carbons (Fsp3) is 0.611. The summed E-state index contributed by atoms with van der Waals surface area (Å²) < 4.78 is 0. The maximum Gasteiger partial charge on any atom is 0.140 e. The topological polar surface area (TPSA) is 17.1 Å². The number of ketones is 1. The standard InChI is InChI=1S/C18H24O/c1-18(2,3)16-6-4-12(5-7-16)8-17(19)15-10-13-9-14(13)11-15/h4-7,13-15H,8-11H2,1-3H3. The number of hydrogen-bond acceptors (Lipinski definition) is 1. The van der Waals surface area contributed by atoms with Crippen LogP contribution in [0.4, 0.5) is 0 Å². The zero-order valence-corrected chi connectivity index (χ0v) is 12.3. The molecule has 1 aromatic rings. The highest BCUT2D eigenvalue weighted by molar-refractivity contribution is 5.83. The Bertz CT molecular complexity index is 467. The predicted octanol–water partition coefficient (Wildman–Crippen LogP) is 4.14. The van der Waals surface area contributed by atoms with Crippen LogP contribution in [0.5, 0.6) is 0 Å². The minimum Gasteiger partial charge on any atom is -0.299 e. The molecule has 1 heteroatoms. The maximum absolute atomic E-state index is 12.3. The van der Waals surface area contributed by atoms with E-state index in [1.165, 1.54) is 30.4 Å². The molecule has 0 aliphatic heterocycles. The number of rotatable bonds is 3. The zero-order chi connectivity index (χ0) is 13.6. The van der Waals surface area contributed by atoms with E-state index in [1.807, 2.05) is 0 Å². The zero-order valence-electron chi connectivity index (χ0n) is 12.3. The number of fused-ring (bicyclic) bond motifs is 1. The van der Waals surface area contributed by atoms with Crippen molar-refractivity contribution in [2.24, 2.45) is 17.8 Å². The highest BCUT2D eigenvalue weighted by Gasteiger charge is 2.47. The Kier molecular flexibility index (Phi) is 3.03. The van der Waals surface area contributed by atoms with Gasteiger partial charge in [0, 0.05) is 12.3 Å². The van der Waals surface area contributed by atoms with Crippen LogP contribution in [0.1, 0.15) is 51.2 Å². The Morgan fingerprint density at radius 3 is 2.16 bits per heavy atom. The summed E-state index contributed by atoms with van der Waals surface area (Å²) in [7, 11) is 0. The van der Waals surface area contributed by atoms with Crippen LogP contribution in [-0.4, -0.2) is 5.78 Å². The van der Waals surface area contributed by atoms with Crippen molar-refractivity contribution in [1.82, 2.24) is 0 Å². The van der Waals surface area contributed by atoms with Gasteiger partial charge in [-0.25, -0.2) is 0 Å². The second-order valence-corrected chi connectivity index (χ2v) is 7.51. The van der Waals surface area contributed by atoms with E-state index in [1.54, 1.807) is 0 Å². The highest BCUT2D eigenvalue weighted by atomic mass is 16.1. The van der Waals surface area contributed by atoms with Gasteiger partial charge in [-0.1, -0.05) is 45.0 Å². The predicted molar refractivity (Wildman–Crippen MR) is 78.2 cm³/mol. The molecule has 0 bridgehead atoms. The highest BCUT2D eigenvalue weighted by Crippen LogP contribution is 2.54. The number of benzene rings is 1. The van der Waals surface area contributed by atoms with Crippen LogP contribution in [-0.2, 0) is 16.6 Å². The summed E-state index contributed by atoms with van der Waals surface area (Å²) in [6.45, 7) is 6.66. The third-order valence-electron chi connectivity index (χ3n) is 4.90. The smallest absolute Gasteiger partial charge is 0.140 e. The van der Waals surface area contributed by atoms with E-state index in [2.05, 4.69) is 45.0 Å². The average Bonchev–Trinajstić information content (AvgIpc) is 2.95. The molecule has 0 amide bonds. The minimum absolute atomic E-state index is 0.190. The van der Waals surface area contributed by atoms with Crippen molar-refractivity contribution in [2.75, 3.05) is 0 Å². The lowest BCUT2D eigenvalue weighted by atomic mass is 9.86. The third-order valence-corrected chi connectivity index (χ3v) is 4.90. The van der Waals surface area contributed by atoms with Crippen molar-refractivity contribution < 1.29 is 4.79 Å². The second kappa shape index (κ2) is 4.47. The Balaban J connectivity index is 1.62. The van der Waals surface area contributed by atoms with Gasteiger partial charge in [-0.05, 0) is 47.6 Å². The molecule has 1 aromatic carbocycles. The van der Waals surface area contributed by atoms with Crippen LogP contribution in [0.25, 0.3) is 0 Å². The minimum atomic E-state index is 0.190. The molecule has 1 nitrogen and oxygen atoms in total. The van der Waals surface area contributed by atoms with Gasteiger partial charge in [-0.3, -0.25) is 4.79 Å². The fourth-order valence-corrected chi connectivity index (χ4v) is 3.45. The van der Waals surface area contributed by atoms with Crippen LogP contribution in [0.15, 0.2) is 24.3 Å². The Labute approximate surface area is 116 Å². The first-order valence-electron chi connectivity index (χ1n) is 7.55. The molecular formula is C18H24O. The molecule has 2 aliphatic rings. The van der Waals surface area contributed by atoms with Crippen molar-refractivity contribution in [1.29, 1.82) is 0 Å². The van der Waals surface area contributed by atoms with Gasteiger partial charge in [-0.15, -0.1) is 0 Å². The molecule has 0 saturated heterocycles. The van der Waals surface area contributed by atoms with E-state index in [9.17, 15) is 4.79 Å². The van der Waals surface area contributed by atoms with Gasteiger partial charge >= 0.3 is 0 Å². The quantitative estimate of drug-likeness (QED) is 0.794. The molecule has 0 radical (unpaired) electrons. The van der Waals surface area contributed by atoms with Crippen LogP contribution >= 0.6 is 0 Å². The number of carbonyl (C=O) groups excluding carboxylic acids is 1. The maximum atomic E-state index is 12.3. The summed E-state index contributed by atoms with van der Waals surface area (Å²) >= 11 is 0. The molecule has 102 valence electrons. The fourth-order valence-electron chi connectivity index (χ4n) is 3.45. The van der Waals surface area contributed by atoms with Gasteiger partial charge in [-0.2, -0.15) is 0 Å². The van der Waals surface area contributed by atoms with Crippen molar-refractivity contribution in [3.8, 4) is 0 Å². The van der Waals surface area contributed by atoms with Crippen LogP contribution in [0.2, 0.25) is 0 Å². The van der Waals surface area contributed by atoms with Gasteiger partial charge in [0.2, 0.25) is 0 Å². The molecule has 2 aliphatic carbocycles. The normalized spacial score (nSPS) is 29.1. The lowest BCUT2D eigenvalue weighted by molar-refractivity contribution is -0.122. The summed E-state index contributed by atoms with van der Waals surface area (Å²) in [4.78, 5) is 12.3. The van der Waals surface area contributed by atoms with Crippen LogP contribution in [0, 0.1) is 17.8 Å². The summed E-state index contributed by atoms with van der Waals surface area (Å²) in [6, 6.07) is 8.62. The SMILES string of the molecule is CC(C)(C)c1ccc(CC(=O)C2CC3CC3C2)cc1. The Morgan fingerprint density at radius 1 is 1.05 bits per heavy atom. The van der Waals surface area contributed by atoms with Crippen molar-refractivity contribution in [2.45, 2.75) is 51.9 Å². The van der Waals surface area contributed by atoms with Gasteiger partial charge in [0.15, 0.2) is 0 Å². The molecule has 0 spiro atoms. The van der Waals surface area contributed by atoms with E-state index in [4.69, 9.17) is 0 Å². The molecule has 2 fully saturated rings. The molecule has 2 atom stereocenters. The molecule has 0 heterocycles. The van der Waals surface area contributed by atoms with E-state index in [-0.39, 0.29) is 5.41 Å². The van der Waals surface area contributed by atoms with Crippen molar-refractivity contribution >= 4 is 5.78 Å². The lowest BCUT2D eigenvalue weighted by Gasteiger charge is -2.19. The number of carbonyl (C=O) groups is 1. The average molecular weight is 256 g/mol. The summed E-state index contributed by atoms with van der Waals surface area (Å²) in [6.07, 6.45) is 4.37. The first-order chi connectivity index (χ1) is 8.93. The first kappa shape index (κ1) is 12.9. The lowest BCUT2D eigenvalue weighted by Crippen LogP contribution is -2.15. The molecule has 2 unspecified atom stereocenters. The Morgan fingerprint density at radius 2 is 1.63 bits per heavy atom. The van der Waals surface area contributed by atoms with Crippen molar-refractivity contribution in [3.63, 3.8) is 0 Å². The van der Waals surface area contributed by atoms with Gasteiger partial charge in [0.05, 0.1) is 0 Å². The van der Waals surface area contributed by atoms with E-state index in [0.29, 0.717) is 18.1 Å². The molecular weight excluding hydrogens is 232 g/mol. The van der Waals surface area contributed by atoms with Gasteiger partial charge < -0.3 is 0 Å². The number of hydrogen-bond donors (Lipinski definition) is 0. The summed E-state index contributed by atoms with van der Waals surface area (Å²) in [5, 5.41) is 0. The van der Waals surface area contributed by atoms with Gasteiger partial charge in [0.25, 0.3) is 0 Å². The number of Topliss-reactive ketones (excluding diaryl/α,β-unsaturated/α-hetero) is 1. The van der Waals surface area contributed by atoms with E-state index in [0.717, 1.165) is 11.8 Å². The summed E-state index contributed by atoms with van der Waals surface area (Å²) in [5.41, 5.74) is 2.71. The van der Waals surface area contributed by atoms with E-state index < -0.39 is 0 Å². The molecule has 19 heavy (non-hydrogen) atoms. The molecule has 3 rings (SSSR count). The van der Waals surface area contributed by atoms with Crippen LogP contribution in [0.3, 0.4) is 0 Å². The summed E-state index contributed by atoms with van der Waals surface area (Å²) in [5.74, 6) is 2.64. The second-order valence-electron chi connectivity index (χ2n) is 7.51. The van der Waals surface area contributed by atoms with Crippen molar-refractivity contribution in [3.05, 3.63) is 35.4 Å². The van der Waals surface area contributed by atoms with Crippen LogP contribution < -0.4 is 0 Å². The monoisotopic (exact) mass is 256 g/mol. The van der Waals surface area contributed by atoms with Gasteiger partial charge in [0.1, 0.15) is 5.78 Å². The molecule has 0 aromatic heterocycles. The first-order valence-corrected chi connectivity index (χ1v) is 7.55. The largest absolute Gasteiger partial charge is 0.299 e. The molecule has 0 N–H and O–H groups in total. The Hall–Kier alpha value is -1.11.